The summed E-state index contributed by atoms with van der Waals surface area (Å²) in [5.41, 5.74) is 3.30. The molecule has 0 amide bonds. The van der Waals surface area contributed by atoms with E-state index in [9.17, 15) is 4.39 Å². The molecule has 2 aromatic carbocycles. The highest BCUT2D eigenvalue weighted by molar-refractivity contribution is 5.98. The van der Waals surface area contributed by atoms with E-state index in [-0.39, 0.29) is 11.4 Å². The predicted molar refractivity (Wildman–Crippen MR) is 80.6 cm³/mol. The molecular formula is C16H19FOSi. The number of rotatable bonds is 4. The van der Waals surface area contributed by atoms with Crippen LogP contribution in [-0.2, 0) is 10.8 Å². The van der Waals surface area contributed by atoms with Crippen molar-refractivity contribution < 1.29 is 8.82 Å². The fraction of sp³-hybridized carbons (Fsp3) is 0.250. The lowest BCUT2D eigenvalue weighted by atomic mass is 9.96. The Labute approximate surface area is 117 Å². The molecule has 0 unspecified atom stereocenters. The second-order valence-corrected chi connectivity index (χ2v) is 5.75. The third-order valence-electron chi connectivity index (χ3n) is 3.31. The van der Waals surface area contributed by atoms with E-state index < -0.39 is 0 Å². The summed E-state index contributed by atoms with van der Waals surface area (Å²) in [5.74, 6) is -0.202. The summed E-state index contributed by atoms with van der Waals surface area (Å²) in [6.45, 7) is 4.21. The maximum atomic E-state index is 12.9. The molecule has 100 valence electrons. The Hall–Kier alpha value is -1.45. The zero-order chi connectivity index (χ0) is 13.9. The van der Waals surface area contributed by atoms with Crippen LogP contribution in [0.1, 0.15) is 19.4 Å². The van der Waals surface area contributed by atoms with Crippen LogP contribution in [0.15, 0.2) is 48.5 Å². The van der Waals surface area contributed by atoms with Crippen LogP contribution in [0.4, 0.5) is 4.39 Å². The van der Waals surface area contributed by atoms with Gasteiger partial charge in [-0.1, -0.05) is 36.4 Å². The molecule has 0 spiro atoms. The average Bonchev–Trinajstić information content (AvgIpc) is 2.40. The number of hydrogen-bond donors (Lipinski definition) is 0. The van der Waals surface area contributed by atoms with E-state index in [4.69, 9.17) is 4.43 Å². The maximum absolute atomic E-state index is 12.9. The summed E-state index contributed by atoms with van der Waals surface area (Å²) in [5, 5.41) is 0. The highest BCUT2D eigenvalue weighted by Gasteiger charge is 2.16. The molecule has 0 N–H and O–H groups in total. The minimum atomic E-state index is -0.202. The Morgan fingerprint density at radius 1 is 0.947 bits per heavy atom. The van der Waals surface area contributed by atoms with E-state index >= 15 is 0 Å². The summed E-state index contributed by atoms with van der Waals surface area (Å²) in [7, 11) is 0.750. The van der Waals surface area contributed by atoms with Crippen molar-refractivity contribution in [3.63, 3.8) is 0 Å². The first-order chi connectivity index (χ1) is 9.00. The summed E-state index contributed by atoms with van der Waals surface area (Å²) in [6.07, 6.45) is 0.903. The molecule has 19 heavy (non-hydrogen) atoms. The fourth-order valence-corrected chi connectivity index (χ4v) is 2.17. The highest BCUT2D eigenvalue weighted by atomic mass is 28.2. The van der Waals surface area contributed by atoms with E-state index in [0.717, 1.165) is 28.0 Å². The summed E-state index contributed by atoms with van der Waals surface area (Å²) in [4.78, 5) is 0. The van der Waals surface area contributed by atoms with Crippen LogP contribution in [0.3, 0.4) is 0 Å². The van der Waals surface area contributed by atoms with Crippen molar-refractivity contribution in [3.05, 3.63) is 59.9 Å². The molecule has 0 aromatic heterocycles. The largest absolute Gasteiger partial charge is 0.423 e. The molecule has 0 radical (unpaired) electrons. The fourth-order valence-electron chi connectivity index (χ4n) is 2.02. The molecule has 2 rings (SSSR count). The molecule has 0 fully saturated rings. The van der Waals surface area contributed by atoms with Crippen molar-refractivity contribution in [2.75, 3.05) is 0 Å². The van der Waals surface area contributed by atoms with E-state index in [0.29, 0.717) is 0 Å². The van der Waals surface area contributed by atoms with E-state index in [1.54, 1.807) is 12.1 Å². The number of benzene rings is 2. The van der Waals surface area contributed by atoms with Crippen molar-refractivity contribution in [1.82, 2.24) is 0 Å². The lowest BCUT2D eigenvalue weighted by Crippen LogP contribution is -2.26. The predicted octanol–water partition coefficient (Wildman–Crippen LogP) is 3.11. The van der Waals surface area contributed by atoms with Crippen LogP contribution >= 0.6 is 0 Å². The van der Waals surface area contributed by atoms with Crippen molar-refractivity contribution in [2.24, 2.45) is 0 Å². The third kappa shape index (κ3) is 3.75. The average molecular weight is 274 g/mol. The highest BCUT2D eigenvalue weighted by Crippen LogP contribution is 2.22. The minimum Gasteiger partial charge on any atom is -0.423 e. The zero-order valence-corrected chi connectivity index (χ0v) is 13.6. The summed E-state index contributed by atoms with van der Waals surface area (Å²) >= 11 is 0. The molecule has 0 saturated carbocycles. The Morgan fingerprint density at radius 3 is 1.89 bits per heavy atom. The van der Waals surface area contributed by atoms with Gasteiger partial charge in [-0.05, 0) is 49.1 Å². The normalized spacial score (nSPS) is 11.7. The molecule has 0 aliphatic carbocycles. The van der Waals surface area contributed by atoms with Crippen molar-refractivity contribution in [1.29, 1.82) is 0 Å². The first-order valence-electron chi connectivity index (χ1n) is 6.40. The molecule has 3 heteroatoms. The lowest BCUT2D eigenvalue weighted by Gasteiger charge is -2.23. The van der Waals surface area contributed by atoms with Crippen LogP contribution in [0, 0.1) is 5.82 Å². The second kappa shape index (κ2) is 5.68. The van der Waals surface area contributed by atoms with E-state index in [1.807, 2.05) is 0 Å². The first kappa shape index (κ1) is 14.0. The SMILES string of the molecule is CC(C)(Cc1ccc(-c2ccc(F)cc2)cc1)O[SiH3]. The lowest BCUT2D eigenvalue weighted by molar-refractivity contribution is 0.124. The van der Waals surface area contributed by atoms with E-state index in [1.165, 1.54) is 17.7 Å². The Bertz CT molecular complexity index is 532. The Balaban J connectivity index is 2.16. The molecule has 0 aliphatic rings. The van der Waals surface area contributed by atoms with E-state index in [2.05, 4.69) is 38.1 Å². The smallest absolute Gasteiger partial charge is 0.146 e. The van der Waals surface area contributed by atoms with Gasteiger partial charge in [-0.3, -0.25) is 0 Å². The van der Waals surface area contributed by atoms with Gasteiger partial charge in [0.15, 0.2) is 0 Å². The molecule has 1 nitrogen and oxygen atoms in total. The Morgan fingerprint density at radius 2 is 1.42 bits per heavy atom. The molecule has 0 bridgehead atoms. The standard InChI is InChI=1S/C16H19FOSi/c1-16(2,18-19)11-12-3-5-13(6-4-12)14-7-9-15(17)10-8-14/h3-10H,11H2,1-2,19H3. The topological polar surface area (TPSA) is 9.23 Å². The number of halogens is 1. The van der Waals surface area contributed by atoms with Crippen LogP contribution < -0.4 is 0 Å². The van der Waals surface area contributed by atoms with Crippen LogP contribution in [0.2, 0.25) is 0 Å². The van der Waals surface area contributed by atoms with Crippen LogP contribution in [0.25, 0.3) is 11.1 Å². The van der Waals surface area contributed by atoms with Gasteiger partial charge in [-0.25, -0.2) is 4.39 Å². The van der Waals surface area contributed by atoms with Crippen molar-refractivity contribution in [3.8, 4) is 11.1 Å². The molecule has 0 heterocycles. The minimum absolute atomic E-state index is 0.0936. The second-order valence-electron chi connectivity index (χ2n) is 5.34. The summed E-state index contributed by atoms with van der Waals surface area (Å²) < 4.78 is 18.4. The third-order valence-corrected chi connectivity index (χ3v) is 4.42. The van der Waals surface area contributed by atoms with Gasteiger partial charge in [0.05, 0.1) is 5.60 Å². The van der Waals surface area contributed by atoms with Gasteiger partial charge in [0.25, 0.3) is 0 Å². The van der Waals surface area contributed by atoms with Crippen LogP contribution in [-0.4, -0.2) is 16.1 Å². The van der Waals surface area contributed by atoms with Gasteiger partial charge < -0.3 is 4.43 Å². The molecule has 2 aromatic rings. The number of hydrogen-bond acceptors (Lipinski definition) is 1. The van der Waals surface area contributed by atoms with Gasteiger partial charge in [0, 0.05) is 0 Å². The van der Waals surface area contributed by atoms with Crippen molar-refractivity contribution >= 4 is 10.5 Å². The van der Waals surface area contributed by atoms with Gasteiger partial charge in [-0.15, -0.1) is 0 Å². The zero-order valence-electron chi connectivity index (χ0n) is 11.6. The molecule has 0 atom stereocenters. The van der Waals surface area contributed by atoms with Gasteiger partial charge in [0.1, 0.15) is 16.3 Å². The molecule has 0 aliphatic heterocycles. The monoisotopic (exact) mass is 274 g/mol. The first-order valence-corrected chi connectivity index (χ1v) is 7.22. The van der Waals surface area contributed by atoms with Gasteiger partial charge in [-0.2, -0.15) is 0 Å². The molecular weight excluding hydrogens is 255 g/mol. The summed E-state index contributed by atoms with van der Waals surface area (Å²) in [6, 6.07) is 15.0. The maximum Gasteiger partial charge on any atom is 0.146 e. The van der Waals surface area contributed by atoms with Crippen molar-refractivity contribution in [2.45, 2.75) is 25.9 Å². The quantitative estimate of drug-likeness (QED) is 0.778. The van der Waals surface area contributed by atoms with Gasteiger partial charge in [0.2, 0.25) is 0 Å². The Kier molecular flexibility index (Phi) is 4.17. The molecule has 0 saturated heterocycles. The van der Waals surface area contributed by atoms with Crippen LogP contribution in [0.5, 0.6) is 0 Å². The van der Waals surface area contributed by atoms with Gasteiger partial charge >= 0.3 is 0 Å².